The Kier molecular flexibility index (Phi) is 5.55. The van der Waals surface area contributed by atoms with E-state index in [1.165, 1.54) is 23.1 Å². The summed E-state index contributed by atoms with van der Waals surface area (Å²) in [6, 6.07) is 9.91. The quantitative estimate of drug-likeness (QED) is 0.834. The number of carbonyl (C=O) groups is 1. The van der Waals surface area contributed by atoms with Gasteiger partial charge in [-0.2, -0.15) is 0 Å². The molecule has 2 rings (SSSR count). The van der Waals surface area contributed by atoms with Crippen LogP contribution in [-0.2, 0) is 11.3 Å². The van der Waals surface area contributed by atoms with Gasteiger partial charge in [0.15, 0.2) is 4.34 Å². The smallest absolute Gasteiger partial charge is 0.233 e. The van der Waals surface area contributed by atoms with Gasteiger partial charge in [-0.1, -0.05) is 60.4 Å². The first-order valence-electron chi connectivity index (χ1n) is 6.47. The van der Waals surface area contributed by atoms with Crippen LogP contribution in [0.2, 0.25) is 0 Å². The van der Waals surface area contributed by atoms with E-state index >= 15 is 0 Å². The minimum absolute atomic E-state index is 0.0502. The van der Waals surface area contributed by atoms with Crippen LogP contribution >= 0.6 is 23.1 Å². The molecule has 0 spiro atoms. The molecule has 6 heteroatoms. The van der Waals surface area contributed by atoms with Crippen molar-refractivity contribution in [2.45, 2.75) is 36.4 Å². The van der Waals surface area contributed by atoms with Crippen molar-refractivity contribution in [1.29, 1.82) is 0 Å². The third-order valence-electron chi connectivity index (χ3n) is 2.72. The molecule has 0 aliphatic carbocycles. The van der Waals surface area contributed by atoms with Crippen molar-refractivity contribution in [2.24, 2.45) is 0 Å². The molecular weight excluding hydrogens is 290 g/mol. The standard InChI is InChI=1S/C14H17N3OS2/c1-3-12(20-14-17-16-10(2)19-14)13(18)15-9-11-7-5-4-6-8-11/h4-8,12H,3,9H2,1-2H3,(H,15,18). The van der Waals surface area contributed by atoms with Crippen LogP contribution in [0.3, 0.4) is 0 Å². The molecule has 4 nitrogen and oxygen atoms in total. The number of benzene rings is 1. The predicted molar refractivity (Wildman–Crippen MR) is 82.9 cm³/mol. The van der Waals surface area contributed by atoms with Crippen molar-refractivity contribution in [3.63, 3.8) is 0 Å². The normalized spacial score (nSPS) is 12.1. The van der Waals surface area contributed by atoms with Crippen LogP contribution in [0.25, 0.3) is 0 Å². The minimum atomic E-state index is -0.119. The van der Waals surface area contributed by atoms with Gasteiger partial charge in [-0.3, -0.25) is 4.79 Å². The Hall–Kier alpha value is -1.40. The molecule has 20 heavy (non-hydrogen) atoms. The maximum absolute atomic E-state index is 12.2. The summed E-state index contributed by atoms with van der Waals surface area (Å²) in [5, 5.41) is 11.8. The predicted octanol–water partition coefficient (Wildman–Crippen LogP) is 3.03. The van der Waals surface area contributed by atoms with Gasteiger partial charge in [-0.05, 0) is 18.9 Å². The van der Waals surface area contributed by atoms with Crippen molar-refractivity contribution in [1.82, 2.24) is 15.5 Å². The van der Waals surface area contributed by atoms with Gasteiger partial charge < -0.3 is 5.32 Å². The van der Waals surface area contributed by atoms with Gasteiger partial charge in [-0.25, -0.2) is 0 Å². The summed E-state index contributed by atoms with van der Waals surface area (Å²) in [5.74, 6) is 0.0502. The van der Waals surface area contributed by atoms with E-state index in [0.29, 0.717) is 6.54 Å². The van der Waals surface area contributed by atoms with Gasteiger partial charge in [0.25, 0.3) is 0 Å². The highest BCUT2D eigenvalue weighted by Gasteiger charge is 2.19. The third kappa shape index (κ3) is 4.31. The summed E-state index contributed by atoms with van der Waals surface area (Å²) in [6.07, 6.45) is 0.768. The summed E-state index contributed by atoms with van der Waals surface area (Å²) < 4.78 is 0.851. The molecule has 1 N–H and O–H groups in total. The van der Waals surface area contributed by atoms with Gasteiger partial charge >= 0.3 is 0 Å². The molecule has 0 saturated heterocycles. The molecule has 1 atom stereocenters. The fraction of sp³-hybridized carbons (Fsp3) is 0.357. The summed E-state index contributed by atoms with van der Waals surface area (Å²) >= 11 is 3.01. The zero-order valence-corrected chi connectivity index (χ0v) is 13.1. The van der Waals surface area contributed by atoms with Crippen LogP contribution in [0.15, 0.2) is 34.7 Å². The number of hydrogen-bond acceptors (Lipinski definition) is 5. The van der Waals surface area contributed by atoms with Crippen LogP contribution in [-0.4, -0.2) is 21.4 Å². The maximum atomic E-state index is 12.2. The van der Waals surface area contributed by atoms with E-state index in [0.717, 1.165) is 21.3 Å². The average molecular weight is 307 g/mol. The van der Waals surface area contributed by atoms with Crippen molar-refractivity contribution in [2.75, 3.05) is 0 Å². The van der Waals surface area contributed by atoms with Crippen molar-refractivity contribution >= 4 is 29.0 Å². The molecule has 0 bridgehead atoms. The monoisotopic (exact) mass is 307 g/mol. The lowest BCUT2D eigenvalue weighted by Crippen LogP contribution is -2.31. The van der Waals surface area contributed by atoms with E-state index in [1.54, 1.807) is 0 Å². The highest BCUT2D eigenvalue weighted by molar-refractivity contribution is 8.02. The Morgan fingerprint density at radius 3 is 2.70 bits per heavy atom. The van der Waals surface area contributed by atoms with Crippen molar-refractivity contribution in [3.05, 3.63) is 40.9 Å². The minimum Gasteiger partial charge on any atom is -0.351 e. The van der Waals surface area contributed by atoms with Gasteiger partial charge in [0.05, 0.1) is 5.25 Å². The van der Waals surface area contributed by atoms with Gasteiger partial charge in [0.1, 0.15) is 5.01 Å². The molecule has 1 unspecified atom stereocenters. The van der Waals surface area contributed by atoms with Crippen molar-refractivity contribution in [3.8, 4) is 0 Å². The van der Waals surface area contributed by atoms with E-state index < -0.39 is 0 Å². The summed E-state index contributed by atoms with van der Waals surface area (Å²) in [6.45, 7) is 4.48. The SMILES string of the molecule is CCC(Sc1nnc(C)s1)C(=O)NCc1ccccc1. The number of rotatable bonds is 6. The molecule has 1 aromatic heterocycles. The second-order valence-corrected chi connectivity index (χ2v) is 6.94. The second-order valence-electron chi connectivity index (χ2n) is 4.31. The Morgan fingerprint density at radius 1 is 1.35 bits per heavy atom. The van der Waals surface area contributed by atoms with Crippen LogP contribution in [0.4, 0.5) is 0 Å². The Bertz CT molecular complexity index is 557. The molecule has 1 amide bonds. The molecule has 0 fully saturated rings. The van der Waals surface area contributed by atoms with E-state index in [1.807, 2.05) is 44.2 Å². The van der Waals surface area contributed by atoms with Gasteiger partial charge in [0, 0.05) is 6.54 Å². The van der Waals surface area contributed by atoms with E-state index in [9.17, 15) is 4.79 Å². The number of carbonyl (C=O) groups excluding carboxylic acids is 1. The van der Waals surface area contributed by atoms with Gasteiger partial charge in [0.2, 0.25) is 5.91 Å². The first-order chi connectivity index (χ1) is 9.69. The third-order valence-corrected chi connectivity index (χ3v) is 5.01. The fourth-order valence-electron chi connectivity index (χ4n) is 1.67. The highest BCUT2D eigenvalue weighted by Crippen LogP contribution is 2.28. The number of thioether (sulfide) groups is 1. The fourth-order valence-corrected chi connectivity index (χ4v) is 3.68. The largest absolute Gasteiger partial charge is 0.351 e. The lowest BCUT2D eigenvalue weighted by molar-refractivity contribution is -0.120. The zero-order valence-electron chi connectivity index (χ0n) is 11.5. The lowest BCUT2D eigenvalue weighted by atomic mass is 10.2. The molecule has 2 aromatic rings. The topological polar surface area (TPSA) is 54.9 Å². The Morgan fingerprint density at radius 2 is 2.10 bits per heavy atom. The molecule has 0 radical (unpaired) electrons. The summed E-state index contributed by atoms with van der Waals surface area (Å²) in [5.41, 5.74) is 1.10. The van der Waals surface area contributed by atoms with Crippen LogP contribution in [0.1, 0.15) is 23.9 Å². The zero-order chi connectivity index (χ0) is 14.4. The molecule has 0 aliphatic rings. The van der Waals surface area contributed by atoms with Crippen LogP contribution in [0.5, 0.6) is 0 Å². The van der Waals surface area contributed by atoms with E-state index in [2.05, 4.69) is 15.5 Å². The number of aryl methyl sites for hydroxylation is 1. The van der Waals surface area contributed by atoms with E-state index in [-0.39, 0.29) is 11.2 Å². The second kappa shape index (κ2) is 7.40. The molecule has 0 saturated carbocycles. The van der Waals surface area contributed by atoms with Crippen LogP contribution in [0, 0.1) is 6.92 Å². The number of nitrogens with one attached hydrogen (secondary N) is 1. The summed E-state index contributed by atoms with van der Waals surface area (Å²) in [4.78, 5) is 12.2. The Balaban J connectivity index is 1.89. The highest BCUT2D eigenvalue weighted by atomic mass is 32.2. The first-order valence-corrected chi connectivity index (χ1v) is 8.17. The van der Waals surface area contributed by atoms with Crippen molar-refractivity contribution < 1.29 is 4.79 Å². The number of aromatic nitrogens is 2. The number of nitrogens with zero attached hydrogens (tertiary/aromatic N) is 2. The maximum Gasteiger partial charge on any atom is 0.233 e. The molecule has 1 heterocycles. The molecular formula is C14H17N3OS2. The summed E-state index contributed by atoms with van der Waals surface area (Å²) in [7, 11) is 0. The lowest BCUT2D eigenvalue weighted by Gasteiger charge is -2.13. The molecule has 106 valence electrons. The number of hydrogen-bond donors (Lipinski definition) is 1. The first kappa shape index (κ1) is 15.0. The number of amides is 1. The molecule has 1 aromatic carbocycles. The van der Waals surface area contributed by atoms with E-state index in [4.69, 9.17) is 0 Å². The van der Waals surface area contributed by atoms with Gasteiger partial charge in [-0.15, -0.1) is 10.2 Å². The molecule has 0 aliphatic heterocycles. The van der Waals surface area contributed by atoms with Crippen LogP contribution < -0.4 is 5.32 Å². The Labute approximate surface area is 127 Å². The average Bonchev–Trinajstić information content (AvgIpc) is 2.88.